The number of rotatable bonds is 8. The molecule has 0 aliphatic heterocycles. The van der Waals surface area contributed by atoms with Gasteiger partial charge in [0.1, 0.15) is 5.69 Å². The summed E-state index contributed by atoms with van der Waals surface area (Å²) in [5, 5.41) is 24.9. The molecule has 0 amide bonds. The largest absolute Gasteiger partial charge is 0.490 e. The number of alkyl halides is 3. The molecule has 0 saturated heterocycles. The van der Waals surface area contributed by atoms with Crippen molar-refractivity contribution >= 4 is 17.6 Å². The number of halogens is 3. The second-order valence-corrected chi connectivity index (χ2v) is 8.13. The van der Waals surface area contributed by atoms with E-state index in [0.717, 1.165) is 60.4 Å². The number of aryl methyl sites for hydroxylation is 2. The summed E-state index contributed by atoms with van der Waals surface area (Å²) in [4.78, 5) is 25.0. The third kappa shape index (κ3) is 6.81. The lowest BCUT2D eigenvalue weighted by molar-refractivity contribution is -0.192. The predicted molar refractivity (Wildman–Crippen MR) is 126 cm³/mol. The van der Waals surface area contributed by atoms with Crippen LogP contribution >= 0.6 is 0 Å². The predicted octanol–water partition coefficient (Wildman–Crippen LogP) is 3.18. The number of aromatic carboxylic acids is 1. The van der Waals surface area contributed by atoms with Crippen molar-refractivity contribution in [2.24, 2.45) is 0 Å². The summed E-state index contributed by atoms with van der Waals surface area (Å²) in [6, 6.07) is 9.83. The van der Waals surface area contributed by atoms with E-state index in [2.05, 4.69) is 15.4 Å². The number of fused-ring (bicyclic) bond motifs is 3. The number of nitrogens with zero attached hydrogens (tertiary/aromatic N) is 3. The summed E-state index contributed by atoms with van der Waals surface area (Å²) in [6.07, 6.45) is 1.73. The van der Waals surface area contributed by atoms with Crippen LogP contribution in [0.25, 0.3) is 11.3 Å². The smallest absolute Gasteiger partial charge is 0.477 e. The number of carbonyl (C=O) groups is 2. The van der Waals surface area contributed by atoms with E-state index in [1.165, 1.54) is 5.56 Å². The van der Waals surface area contributed by atoms with Gasteiger partial charge in [-0.1, -0.05) is 12.1 Å². The molecule has 0 bridgehead atoms. The highest BCUT2D eigenvalue weighted by molar-refractivity contribution is 5.90. The van der Waals surface area contributed by atoms with Gasteiger partial charge in [0.25, 0.3) is 0 Å². The first-order valence-corrected chi connectivity index (χ1v) is 11.2. The molecular formula is C24H26F3N5O4. The van der Waals surface area contributed by atoms with E-state index >= 15 is 0 Å². The number of pyridine rings is 1. The van der Waals surface area contributed by atoms with Crippen LogP contribution < -0.4 is 11.1 Å². The van der Waals surface area contributed by atoms with Crippen molar-refractivity contribution in [2.45, 2.75) is 38.4 Å². The number of hydrogen-bond donors (Lipinski definition) is 4. The molecule has 0 saturated carbocycles. The van der Waals surface area contributed by atoms with Crippen LogP contribution in [0.3, 0.4) is 0 Å². The van der Waals surface area contributed by atoms with Gasteiger partial charge >= 0.3 is 18.1 Å². The monoisotopic (exact) mass is 505 g/mol. The number of nitrogens with two attached hydrogens (primary N) is 1. The molecule has 1 aliphatic carbocycles. The van der Waals surface area contributed by atoms with Crippen molar-refractivity contribution in [3.8, 4) is 11.3 Å². The van der Waals surface area contributed by atoms with E-state index < -0.39 is 18.1 Å². The van der Waals surface area contributed by atoms with Crippen LogP contribution in [0.4, 0.5) is 18.9 Å². The molecule has 0 spiro atoms. The topological polar surface area (TPSA) is 143 Å². The van der Waals surface area contributed by atoms with Gasteiger partial charge in [0, 0.05) is 35.8 Å². The maximum absolute atomic E-state index is 11.9. The summed E-state index contributed by atoms with van der Waals surface area (Å²) in [6.45, 7) is 2.24. The number of hydrogen-bond acceptors (Lipinski definition) is 6. The molecule has 0 radical (unpaired) electrons. The number of benzene rings is 1. The lowest BCUT2D eigenvalue weighted by atomic mass is 9.90. The molecular weight excluding hydrogens is 479 g/mol. The Hall–Kier alpha value is -3.93. The summed E-state index contributed by atoms with van der Waals surface area (Å²) < 4.78 is 33.4. The lowest BCUT2D eigenvalue weighted by Gasteiger charge is -2.14. The summed E-state index contributed by atoms with van der Waals surface area (Å²) in [5.41, 5.74) is 11.8. The SMILES string of the molecule is Nc1ccc(CCNCCCn2nc3c(c2C(=O)O)CCc2cnccc2-3)cc1.O=C(O)C(F)(F)F. The van der Waals surface area contributed by atoms with E-state index in [-0.39, 0.29) is 0 Å². The fourth-order valence-corrected chi connectivity index (χ4v) is 3.87. The second kappa shape index (κ2) is 11.7. The Bertz CT molecular complexity index is 1210. The minimum atomic E-state index is -5.08. The zero-order valence-corrected chi connectivity index (χ0v) is 19.3. The third-order valence-corrected chi connectivity index (χ3v) is 5.59. The Morgan fingerprint density at radius 2 is 1.78 bits per heavy atom. The average molecular weight is 505 g/mol. The zero-order valence-electron chi connectivity index (χ0n) is 19.3. The minimum Gasteiger partial charge on any atom is -0.477 e. The number of anilines is 1. The van der Waals surface area contributed by atoms with Crippen molar-refractivity contribution in [2.75, 3.05) is 18.8 Å². The highest BCUT2D eigenvalue weighted by atomic mass is 19.4. The van der Waals surface area contributed by atoms with Gasteiger partial charge in [-0.25, -0.2) is 9.59 Å². The van der Waals surface area contributed by atoms with Crippen LogP contribution in [-0.2, 0) is 30.6 Å². The van der Waals surface area contributed by atoms with Gasteiger partial charge in [0.05, 0.1) is 5.69 Å². The number of aromatic nitrogens is 3. The Morgan fingerprint density at radius 3 is 2.42 bits per heavy atom. The third-order valence-electron chi connectivity index (χ3n) is 5.59. The molecule has 3 aromatic rings. The molecule has 2 heterocycles. The number of carboxylic acid groups (broad SMARTS) is 2. The van der Waals surface area contributed by atoms with Gasteiger partial charge in [-0.15, -0.1) is 0 Å². The summed E-state index contributed by atoms with van der Waals surface area (Å²) >= 11 is 0. The molecule has 9 nitrogen and oxygen atoms in total. The van der Waals surface area contributed by atoms with Crippen molar-refractivity contribution in [1.29, 1.82) is 0 Å². The molecule has 36 heavy (non-hydrogen) atoms. The van der Waals surface area contributed by atoms with Gasteiger partial charge in [0.15, 0.2) is 0 Å². The van der Waals surface area contributed by atoms with Gasteiger partial charge in [-0.2, -0.15) is 18.3 Å². The lowest BCUT2D eigenvalue weighted by Crippen LogP contribution is -2.21. The van der Waals surface area contributed by atoms with Crippen LogP contribution in [0.2, 0.25) is 0 Å². The quantitative estimate of drug-likeness (QED) is 0.270. The van der Waals surface area contributed by atoms with E-state index in [0.29, 0.717) is 18.7 Å². The molecule has 0 unspecified atom stereocenters. The van der Waals surface area contributed by atoms with Crippen LogP contribution in [0.1, 0.15) is 33.6 Å². The molecule has 1 aliphatic rings. The minimum absolute atomic E-state index is 0.323. The number of nitrogen functional groups attached to an aromatic ring is 1. The maximum Gasteiger partial charge on any atom is 0.490 e. The fourth-order valence-electron chi connectivity index (χ4n) is 3.87. The molecule has 2 aromatic heterocycles. The first kappa shape index (κ1) is 26.7. The summed E-state index contributed by atoms with van der Waals surface area (Å²) in [5.74, 6) is -3.67. The molecule has 12 heteroatoms. The van der Waals surface area contributed by atoms with E-state index in [1.807, 2.05) is 36.5 Å². The Morgan fingerprint density at radius 1 is 1.08 bits per heavy atom. The molecule has 0 fully saturated rings. The summed E-state index contributed by atoms with van der Waals surface area (Å²) in [7, 11) is 0. The highest BCUT2D eigenvalue weighted by Gasteiger charge is 2.38. The first-order chi connectivity index (χ1) is 17.1. The van der Waals surface area contributed by atoms with Crippen LogP contribution in [0, 0.1) is 0 Å². The standard InChI is InChI=1S/C22H25N5O2.C2HF3O2/c23-17-5-2-15(3-6-17)8-11-24-10-1-13-27-21(22(28)29)19-7-4-16-14-25-12-9-18(16)20(19)26-27;3-2(4,5)1(6)7/h2-3,5-6,9,12,14,24H,1,4,7-8,10-11,13,23H2,(H,28,29);(H,6,7). The fraction of sp³-hybridized carbons (Fsp3) is 0.333. The normalized spacial score (nSPS) is 12.2. The van der Waals surface area contributed by atoms with Gasteiger partial charge in [0.2, 0.25) is 0 Å². The van der Waals surface area contributed by atoms with Crippen LogP contribution in [0.5, 0.6) is 0 Å². The maximum atomic E-state index is 11.9. The van der Waals surface area contributed by atoms with Crippen LogP contribution in [0.15, 0.2) is 42.7 Å². The van der Waals surface area contributed by atoms with Crippen molar-refractivity contribution in [3.05, 3.63) is 65.1 Å². The first-order valence-electron chi connectivity index (χ1n) is 11.2. The number of nitrogens with one attached hydrogen (secondary N) is 1. The Labute approximate surface area is 204 Å². The van der Waals surface area contributed by atoms with Crippen molar-refractivity contribution in [3.63, 3.8) is 0 Å². The van der Waals surface area contributed by atoms with E-state index in [4.69, 9.17) is 15.6 Å². The molecule has 192 valence electrons. The van der Waals surface area contributed by atoms with Crippen molar-refractivity contribution < 1.29 is 33.0 Å². The van der Waals surface area contributed by atoms with Gasteiger partial charge < -0.3 is 21.3 Å². The Balaban J connectivity index is 0.000000454. The second-order valence-electron chi connectivity index (χ2n) is 8.13. The number of carboxylic acids is 2. The average Bonchev–Trinajstić information content (AvgIpc) is 3.21. The van der Waals surface area contributed by atoms with Crippen LogP contribution in [-0.4, -0.2) is 56.2 Å². The van der Waals surface area contributed by atoms with Crippen molar-refractivity contribution in [1.82, 2.24) is 20.1 Å². The molecule has 4 rings (SSSR count). The highest BCUT2D eigenvalue weighted by Crippen LogP contribution is 2.34. The van der Waals surface area contributed by atoms with E-state index in [1.54, 1.807) is 10.9 Å². The zero-order chi connectivity index (χ0) is 26.3. The molecule has 0 atom stereocenters. The van der Waals surface area contributed by atoms with Gasteiger partial charge in [-0.05, 0) is 68.1 Å². The van der Waals surface area contributed by atoms with Gasteiger partial charge in [-0.3, -0.25) is 9.67 Å². The molecule has 1 aromatic carbocycles. The number of aliphatic carboxylic acids is 1. The Kier molecular flexibility index (Phi) is 8.64. The molecule has 5 N–H and O–H groups in total. The van der Waals surface area contributed by atoms with E-state index in [9.17, 15) is 23.1 Å².